The molecular formula is C34H45N3O4S. The average Bonchev–Trinajstić information content (AvgIpc) is 2.87. The van der Waals surface area contributed by atoms with Gasteiger partial charge in [-0.1, -0.05) is 93.1 Å². The zero-order valence-corrected chi connectivity index (χ0v) is 27.0. The molecule has 8 heteroatoms. The summed E-state index contributed by atoms with van der Waals surface area (Å²) in [7, 11) is -3.82. The highest BCUT2D eigenvalue weighted by Crippen LogP contribution is 2.26. The predicted molar refractivity (Wildman–Crippen MR) is 171 cm³/mol. The van der Waals surface area contributed by atoms with E-state index in [9.17, 15) is 18.0 Å². The first-order chi connectivity index (χ1) is 19.4. The Balaban J connectivity index is 2.07. The fraction of sp³-hybridized carbons (Fsp3) is 0.412. The molecule has 0 aliphatic rings. The second-order valence-corrected chi connectivity index (χ2v) is 14.9. The molecule has 0 unspecified atom stereocenters. The zero-order chi connectivity index (χ0) is 31.3. The van der Waals surface area contributed by atoms with E-state index in [-0.39, 0.29) is 24.3 Å². The van der Waals surface area contributed by atoms with Crippen LogP contribution in [-0.2, 0) is 38.0 Å². The molecule has 0 radical (unpaired) electrons. The van der Waals surface area contributed by atoms with Crippen LogP contribution in [0.5, 0.6) is 0 Å². The van der Waals surface area contributed by atoms with Crippen molar-refractivity contribution >= 4 is 27.5 Å². The predicted octanol–water partition coefficient (Wildman–Crippen LogP) is 5.61. The molecule has 0 aliphatic heterocycles. The maximum Gasteiger partial charge on any atom is 0.244 e. The molecule has 3 aromatic carbocycles. The van der Waals surface area contributed by atoms with Crippen LogP contribution < -0.4 is 9.62 Å². The van der Waals surface area contributed by atoms with Crippen LogP contribution in [0.25, 0.3) is 0 Å². The number of sulfonamides is 1. The SMILES string of the molecule is Cc1cccc(CN(C(=O)CN(c2ccc(C(C)(C)C)cc2)S(C)(=O)=O)[C@@H](Cc2ccccc2)C(=O)NC(C)(C)C)c1. The molecular weight excluding hydrogens is 546 g/mol. The van der Waals surface area contributed by atoms with Gasteiger partial charge in [-0.05, 0) is 61.9 Å². The number of rotatable bonds is 10. The monoisotopic (exact) mass is 591 g/mol. The molecule has 0 saturated carbocycles. The second kappa shape index (κ2) is 13.1. The lowest BCUT2D eigenvalue weighted by Gasteiger charge is -2.35. The topological polar surface area (TPSA) is 86.8 Å². The van der Waals surface area contributed by atoms with E-state index in [0.29, 0.717) is 5.69 Å². The fourth-order valence-electron chi connectivity index (χ4n) is 4.76. The summed E-state index contributed by atoms with van der Waals surface area (Å²) in [6.07, 6.45) is 1.37. The van der Waals surface area contributed by atoms with Crippen LogP contribution in [0.3, 0.4) is 0 Å². The molecule has 42 heavy (non-hydrogen) atoms. The van der Waals surface area contributed by atoms with Crippen molar-refractivity contribution in [1.82, 2.24) is 10.2 Å². The van der Waals surface area contributed by atoms with E-state index in [1.807, 2.05) is 94.4 Å². The lowest BCUT2D eigenvalue weighted by atomic mass is 9.87. The third-order valence-corrected chi connectivity index (χ3v) is 8.05. The Kier molecular flexibility index (Phi) is 10.3. The minimum atomic E-state index is -3.82. The van der Waals surface area contributed by atoms with Gasteiger partial charge in [0.15, 0.2) is 0 Å². The van der Waals surface area contributed by atoms with Gasteiger partial charge in [-0.15, -0.1) is 0 Å². The highest BCUT2D eigenvalue weighted by molar-refractivity contribution is 7.92. The molecule has 2 amide bonds. The Morgan fingerprint density at radius 1 is 0.833 bits per heavy atom. The Hall–Kier alpha value is -3.65. The lowest BCUT2D eigenvalue weighted by molar-refractivity contribution is -0.140. The third kappa shape index (κ3) is 9.44. The summed E-state index contributed by atoms with van der Waals surface area (Å²) >= 11 is 0. The van der Waals surface area contributed by atoms with Crippen molar-refractivity contribution in [2.75, 3.05) is 17.1 Å². The smallest absolute Gasteiger partial charge is 0.244 e. The van der Waals surface area contributed by atoms with Crippen LogP contribution in [0.1, 0.15) is 63.8 Å². The number of carbonyl (C=O) groups excluding carboxylic acids is 2. The normalized spacial score (nSPS) is 12.9. The minimum Gasteiger partial charge on any atom is -0.350 e. The number of benzene rings is 3. The molecule has 0 saturated heterocycles. The number of aryl methyl sites for hydroxylation is 1. The highest BCUT2D eigenvalue weighted by atomic mass is 32.2. The van der Waals surface area contributed by atoms with Gasteiger partial charge in [0.25, 0.3) is 0 Å². The van der Waals surface area contributed by atoms with Gasteiger partial charge >= 0.3 is 0 Å². The lowest BCUT2D eigenvalue weighted by Crippen LogP contribution is -2.56. The van der Waals surface area contributed by atoms with Gasteiger partial charge in [0.05, 0.1) is 11.9 Å². The van der Waals surface area contributed by atoms with Gasteiger partial charge in [-0.2, -0.15) is 0 Å². The van der Waals surface area contributed by atoms with Gasteiger partial charge in [0.1, 0.15) is 12.6 Å². The first-order valence-corrected chi connectivity index (χ1v) is 16.1. The molecule has 0 spiro atoms. The summed E-state index contributed by atoms with van der Waals surface area (Å²) in [4.78, 5) is 29.6. The summed E-state index contributed by atoms with van der Waals surface area (Å²) in [5.74, 6) is -0.764. The van der Waals surface area contributed by atoms with Crippen LogP contribution in [0, 0.1) is 6.92 Å². The number of nitrogens with one attached hydrogen (secondary N) is 1. The first-order valence-electron chi connectivity index (χ1n) is 14.2. The third-order valence-electron chi connectivity index (χ3n) is 6.91. The number of amides is 2. The minimum absolute atomic E-state index is 0.111. The van der Waals surface area contributed by atoms with E-state index in [4.69, 9.17) is 0 Å². The van der Waals surface area contributed by atoms with Crippen LogP contribution in [0.4, 0.5) is 5.69 Å². The maximum atomic E-state index is 14.2. The van der Waals surface area contributed by atoms with Gasteiger partial charge < -0.3 is 10.2 Å². The van der Waals surface area contributed by atoms with Crippen molar-refractivity contribution in [2.45, 2.75) is 78.4 Å². The second-order valence-electron chi connectivity index (χ2n) is 13.0. The number of anilines is 1. The largest absolute Gasteiger partial charge is 0.350 e. The van der Waals surface area contributed by atoms with Crippen molar-refractivity contribution < 1.29 is 18.0 Å². The zero-order valence-electron chi connectivity index (χ0n) is 26.1. The van der Waals surface area contributed by atoms with Crippen molar-refractivity contribution in [3.63, 3.8) is 0 Å². The summed E-state index contributed by atoms with van der Waals surface area (Å²) in [5.41, 5.74) is 3.58. The number of carbonyl (C=O) groups is 2. The Labute approximate surface area is 252 Å². The van der Waals surface area contributed by atoms with Crippen LogP contribution in [-0.4, -0.2) is 49.5 Å². The van der Waals surface area contributed by atoms with E-state index in [2.05, 4.69) is 26.1 Å². The highest BCUT2D eigenvalue weighted by Gasteiger charge is 2.34. The molecule has 1 atom stereocenters. The van der Waals surface area contributed by atoms with Gasteiger partial charge in [0.2, 0.25) is 21.8 Å². The fourth-order valence-corrected chi connectivity index (χ4v) is 5.61. The molecule has 0 heterocycles. The summed E-state index contributed by atoms with van der Waals surface area (Å²) < 4.78 is 27.2. The number of hydrogen-bond acceptors (Lipinski definition) is 4. The van der Waals surface area contributed by atoms with Crippen LogP contribution in [0.15, 0.2) is 78.9 Å². The van der Waals surface area contributed by atoms with Crippen molar-refractivity contribution in [1.29, 1.82) is 0 Å². The van der Waals surface area contributed by atoms with E-state index in [1.165, 1.54) is 4.90 Å². The Bertz CT molecular complexity index is 1470. The molecule has 226 valence electrons. The summed E-state index contributed by atoms with van der Waals surface area (Å²) in [6, 6.07) is 23.7. The average molecular weight is 592 g/mol. The van der Waals surface area contributed by atoms with E-state index in [1.54, 1.807) is 12.1 Å². The Morgan fingerprint density at radius 3 is 1.95 bits per heavy atom. The van der Waals surface area contributed by atoms with Crippen LogP contribution >= 0.6 is 0 Å². The van der Waals surface area contributed by atoms with Gasteiger partial charge in [-0.25, -0.2) is 8.42 Å². The maximum absolute atomic E-state index is 14.2. The van der Waals surface area contributed by atoms with Crippen LogP contribution in [0.2, 0.25) is 0 Å². The Morgan fingerprint density at radius 2 is 1.43 bits per heavy atom. The summed E-state index contributed by atoms with van der Waals surface area (Å²) in [6.45, 7) is 13.6. The quantitative estimate of drug-likeness (QED) is 0.332. The number of nitrogens with zero attached hydrogens (tertiary/aromatic N) is 2. The molecule has 3 rings (SSSR count). The van der Waals surface area contributed by atoms with Gasteiger partial charge in [-0.3, -0.25) is 13.9 Å². The van der Waals surface area contributed by atoms with Crippen molar-refractivity contribution in [2.24, 2.45) is 0 Å². The molecule has 0 aromatic heterocycles. The molecule has 0 fully saturated rings. The standard InChI is InChI=1S/C34H45N3O4S/c1-25-13-12-16-27(21-25)23-36(30(32(39)35-34(5,6)7)22-26-14-10-9-11-15-26)31(38)24-37(42(8,40)41)29-19-17-28(18-20-29)33(2,3)4/h9-21,30H,22-24H2,1-8H3,(H,35,39)/t30-/m0/s1. The number of hydrogen-bond donors (Lipinski definition) is 1. The van der Waals surface area contributed by atoms with E-state index < -0.39 is 34.1 Å². The molecule has 0 bridgehead atoms. The van der Waals surface area contributed by atoms with Gasteiger partial charge in [0, 0.05) is 18.5 Å². The van der Waals surface area contributed by atoms with Crippen molar-refractivity contribution in [3.05, 3.63) is 101 Å². The van der Waals surface area contributed by atoms with E-state index in [0.717, 1.165) is 32.8 Å². The molecule has 0 aliphatic carbocycles. The van der Waals surface area contributed by atoms with Crippen molar-refractivity contribution in [3.8, 4) is 0 Å². The first kappa shape index (κ1) is 32.9. The molecule has 3 aromatic rings. The van der Waals surface area contributed by atoms with E-state index >= 15 is 0 Å². The molecule has 1 N–H and O–H groups in total. The summed E-state index contributed by atoms with van der Waals surface area (Å²) in [5, 5.41) is 3.04. The molecule has 7 nitrogen and oxygen atoms in total.